The second kappa shape index (κ2) is 2.16. The summed E-state index contributed by atoms with van der Waals surface area (Å²) in [6.45, 7) is 0. The maximum absolute atomic E-state index is 5.40. The molecule has 0 aliphatic rings. The smallest absolute Gasteiger partial charge is 0.292 e. The molecule has 3 rings (SSSR count). The number of nitrogens with zero attached hydrogens (tertiary/aromatic N) is 2. The SMILES string of the molecule is Nc1nc2cc3nc(N)oc3cc2o1. The van der Waals surface area contributed by atoms with Crippen molar-refractivity contribution < 1.29 is 8.83 Å². The van der Waals surface area contributed by atoms with Crippen LogP contribution in [-0.4, -0.2) is 9.97 Å². The fraction of sp³-hybridized carbons (Fsp3) is 0. The maximum atomic E-state index is 5.40. The fourth-order valence-electron chi connectivity index (χ4n) is 1.39. The molecule has 0 fully saturated rings. The molecule has 6 nitrogen and oxygen atoms in total. The van der Waals surface area contributed by atoms with E-state index < -0.39 is 0 Å². The van der Waals surface area contributed by atoms with Crippen LogP contribution in [0.2, 0.25) is 0 Å². The zero-order valence-electron chi connectivity index (χ0n) is 7.02. The van der Waals surface area contributed by atoms with Gasteiger partial charge in [-0.3, -0.25) is 0 Å². The van der Waals surface area contributed by atoms with Gasteiger partial charge in [0.1, 0.15) is 11.0 Å². The standard InChI is InChI=1S/C8H6N4O2/c9-7-11-3-1-4-6(2-5(3)13-7)14-8(10)12-4/h1-2H,(H2,9,11)(H2,10,12). The molecule has 0 spiro atoms. The van der Waals surface area contributed by atoms with Gasteiger partial charge in [-0.25, -0.2) is 0 Å². The van der Waals surface area contributed by atoms with Gasteiger partial charge in [0.15, 0.2) is 11.2 Å². The van der Waals surface area contributed by atoms with Crippen LogP contribution in [0.5, 0.6) is 0 Å². The molecule has 0 atom stereocenters. The number of fused-ring (bicyclic) bond motifs is 2. The number of benzene rings is 1. The summed E-state index contributed by atoms with van der Waals surface area (Å²) in [5, 5.41) is 0. The molecule has 0 saturated carbocycles. The van der Waals surface area contributed by atoms with Crippen LogP contribution in [0.4, 0.5) is 12.0 Å². The molecule has 2 aromatic heterocycles. The first-order valence-electron chi connectivity index (χ1n) is 3.94. The van der Waals surface area contributed by atoms with Gasteiger partial charge >= 0.3 is 0 Å². The Labute approximate surface area is 77.5 Å². The number of hydrogen-bond acceptors (Lipinski definition) is 6. The van der Waals surface area contributed by atoms with Crippen molar-refractivity contribution in [3.8, 4) is 0 Å². The van der Waals surface area contributed by atoms with E-state index >= 15 is 0 Å². The number of hydrogen-bond donors (Lipinski definition) is 2. The second-order valence-corrected chi connectivity index (χ2v) is 2.89. The summed E-state index contributed by atoms with van der Waals surface area (Å²) in [6.07, 6.45) is 0. The molecular weight excluding hydrogens is 184 g/mol. The van der Waals surface area contributed by atoms with Gasteiger partial charge in [0.05, 0.1) is 0 Å². The van der Waals surface area contributed by atoms with Gasteiger partial charge in [-0.1, -0.05) is 0 Å². The van der Waals surface area contributed by atoms with Crippen LogP contribution in [0.3, 0.4) is 0 Å². The molecule has 0 unspecified atom stereocenters. The largest absolute Gasteiger partial charge is 0.424 e. The lowest BCUT2D eigenvalue weighted by atomic mass is 10.3. The highest BCUT2D eigenvalue weighted by atomic mass is 16.4. The molecule has 0 bridgehead atoms. The molecule has 6 heteroatoms. The number of nitrogens with two attached hydrogens (primary N) is 2. The van der Waals surface area contributed by atoms with E-state index in [1.165, 1.54) is 0 Å². The molecule has 0 aliphatic heterocycles. The van der Waals surface area contributed by atoms with Crippen LogP contribution in [0.1, 0.15) is 0 Å². The highest BCUT2D eigenvalue weighted by Gasteiger charge is 2.08. The third-order valence-electron chi connectivity index (χ3n) is 1.93. The molecule has 3 aromatic rings. The molecule has 14 heavy (non-hydrogen) atoms. The number of oxazole rings is 2. The summed E-state index contributed by atoms with van der Waals surface area (Å²) in [4.78, 5) is 7.92. The van der Waals surface area contributed by atoms with E-state index in [2.05, 4.69) is 9.97 Å². The summed E-state index contributed by atoms with van der Waals surface area (Å²) < 4.78 is 10.2. The third-order valence-corrected chi connectivity index (χ3v) is 1.93. The zero-order chi connectivity index (χ0) is 9.71. The van der Waals surface area contributed by atoms with Gasteiger partial charge in [-0.05, 0) is 6.07 Å². The minimum Gasteiger partial charge on any atom is -0.424 e. The molecule has 0 saturated heterocycles. The van der Waals surface area contributed by atoms with Crippen LogP contribution < -0.4 is 11.5 Å². The highest BCUT2D eigenvalue weighted by molar-refractivity contribution is 5.90. The minimum absolute atomic E-state index is 0.126. The predicted octanol–water partition coefficient (Wildman–Crippen LogP) is 1.13. The van der Waals surface area contributed by atoms with Gasteiger partial charge in [0.2, 0.25) is 0 Å². The van der Waals surface area contributed by atoms with Crippen LogP contribution in [0.25, 0.3) is 22.2 Å². The van der Waals surface area contributed by atoms with E-state index in [0.717, 1.165) is 0 Å². The van der Waals surface area contributed by atoms with Crippen molar-refractivity contribution in [3.05, 3.63) is 12.1 Å². The third kappa shape index (κ3) is 0.846. The van der Waals surface area contributed by atoms with Crippen molar-refractivity contribution in [2.45, 2.75) is 0 Å². The summed E-state index contributed by atoms with van der Waals surface area (Å²) in [6, 6.07) is 3.63. The Hall–Kier alpha value is -2.24. The number of rotatable bonds is 0. The Morgan fingerprint density at radius 1 is 0.857 bits per heavy atom. The van der Waals surface area contributed by atoms with Crippen LogP contribution in [-0.2, 0) is 0 Å². The average Bonchev–Trinajstić information content (AvgIpc) is 2.59. The molecule has 0 amide bonds. The maximum Gasteiger partial charge on any atom is 0.292 e. The first kappa shape index (κ1) is 7.19. The first-order chi connectivity index (χ1) is 6.72. The Morgan fingerprint density at radius 2 is 1.36 bits per heavy atom. The lowest BCUT2D eigenvalue weighted by Crippen LogP contribution is -1.81. The number of anilines is 2. The summed E-state index contributed by atoms with van der Waals surface area (Å²) >= 11 is 0. The molecule has 1 aromatic carbocycles. The highest BCUT2D eigenvalue weighted by Crippen LogP contribution is 2.24. The number of nitrogen functional groups attached to an aromatic ring is 2. The van der Waals surface area contributed by atoms with Crippen LogP contribution in [0, 0.1) is 0 Å². The summed E-state index contributed by atoms with van der Waals surface area (Å²) in [5.74, 6) is 0. The monoisotopic (exact) mass is 190 g/mol. The van der Waals surface area contributed by atoms with E-state index in [-0.39, 0.29) is 12.0 Å². The molecule has 2 heterocycles. The van der Waals surface area contributed by atoms with Gasteiger partial charge < -0.3 is 20.3 Å². The van der Waals surface area contributed by atoms with E-state index in [4.69, 9.17) is 20.3 Å². The molecule has 0 radical (unpaired) electrons. The van der Waals surface area contributed by atoms with Crippen molar-refractivity contribution in [2.75, 3.05) is 11.5 Å². The summed E-state index contributed by atoms with van der Waals surface area (Å²) in [7, 11) is 0. The van der Waals surface area contributed by atoms with Gasteiger partial charge in [0, 0.05) is 6.07 Å². The predicted molar refractivity (Wildman–Crippen MR) is 50.4 cm³/mol. The van der Waals surface area contributed by atoms with Crippen LogP contribution in [0.15, 0.2) is 21.0 Å². The molecular formula is C8H6N4O2. The van der Waals surface area contributed by atoms with E-state index in [1.54, 1.807) is 12.1 Å². The minimum atomic E-state index is 0.126. The van der Waals surface area contributed by atoms with Crippen LogP contribution >= 0.6 is 0 Å². The van der Waals surface area contributed by atoms with E-state index in [1.807, 2.05) is 0 Å². The molecule has 70 valence electrons. The van der Waals surface area contributed by atoms with Crippen molar-refractivity contribution in [3.63, 3.8) is 0 Å². The number of aromatic nitrogens is 2. The fourth-order valence-corrected chi connectivity index (χ4v) is 1.39. The quantitative estimate of drug-likeness (QED) is 0.550. The van der Waals surface area contributed by atoms with E-state index in [9.17, 15) is 0 Å². The lowest BCUT2D eigenvalue weighted by molar-refractivity contribution is 0.615. The van der Waals surface area contributed by atoms with Crippen molar-refractivity contribution >= 4 is 34.2 Å². The van der Waals surface area contributed by atoms with E-state index in [0.29, 0.717) is 22.2 Å². The Kier molecular flexibility index (Phi) is 1.11. The van der Waals surface area contributed by atoms with Gasteiger partial charge in [0.25, 0.3) is 12.0 Å². The molecule has 4 N–H and O–H groups in total. The Morgan fingerprint density at radius 3 is 1.86 bits per heavy atom. The van der Waals surface area contributed by atoms with Crippen molar-refractivity contribution in [2.24, 2.45) is 0 Å². The molecule has 0 aliphatic carbocycles. The van der Waals surface area contributed by atoms with Gasteiger partial charge in [-0.2, -0.15) is 9.97 Å². The Balaban J connectivity index is 2.49. The average molecular weight is 190 g/mol. The first-order valence-corrected chi connectivity index (χ1v) is 3.94. The zero-order valence-corrected chi connectivity index (χ0v) is 7.02. The normalized spacial score (nSPS) is 11.4. The van der Waals surface area contributed by atoms with Crippen molar-refractivity contribution in [1.29, 1.82) is 0 Å². The van der Waals surface area contributed by atoms with Crippen molar-refractivity contribution in [1.82, 2.24) is 9.97 Å². The van der Waals surface area contributed by atoms with Gasteiger partial charge in [-0.15, -0.1) is 0 Å². The Bertz CT molecular complexity index is 522. The topological polar surface area (TPSA) is 104 Å². The summed E-state index contributed by atoms with van der Waals surface area (Å²) in [5.41, 5.74) is 13.2. The lowest BCUT2D eigenvalue weighted by Gasteiger charge is -1.84. The second-order valence-electron chi connectivity index (χ2n) is 2.89.